The molecule has 0 radical (unpaired) electrons. The Labute approximate surface area is 108 Å². The van der Waals surface area contributed by atoms with Crippen LogP contribution in [0.15, 0.2) is 24.3 Å². The summed E-state index contributed by atoms with van der Waals surface area (Å²) in [5, 5.41) is 2.95. The third kappa shape index (κ3) is 3.60. The number of nitrogens with one attached hydrogen (secondary N) is 1. The second kappa shape index (κ2) is 5.48. The molecule has 0 spiro atoms. The second-order valence-corrected chi connectivity index (χ2v) is 4.08. The van der Waals surface area contributed by atoms with Gasteiger partial charge in [0.05, 0.1) is 24.5 Å². The summed E-state index contributed by atoms with van der Waals surface area (Å²) in [4.78, 5) is 13.2. The van der Waals surface area contributed by atoms with Crippen molar-refractivity contribution in [3.63, 3.8) is 0 Å². The van der Waals surface area contributed by atoms with E-state index < -0.39 is 12.8 Å². The van der Waals surface area contributed by atoms with E-state index in [9.17, 15) is 18.0 Å². The number of halogens is 3. The molecule has 0 aromatic heterocycles. The molecule has 0 saturated heterocycles. The molecule has 1 aromatic rings. The minimum Gasteiger partial charge on any atom is -0.374 e. The summed E-state index contributed by atoms with van der Waals surface area (Å²) < 4.78 is 40.3. The van der Waals surface area contributed by atoms with Crippen molar-refractivity contribution in [2.45, 2.75) is 6.18 Å². The van der Waals surface area contributed by atoms with Gasteiger partial charge in [-0.2, -0.15) is 13.2 Å². The van der Waals surface area contributed by atoms with E-state index >= 15 is 0 Å². The highest BCUT2D eigenvalue weighted by Gasteiger charge is 2.28. The fourth-order valence-electron chi connectivity index (χ4n) is 1.85. The number of anilines is 2. The molecule has 1 N–H and O–H groups in total. The van der Waals surface area contributed by atoms with E-state index in [-0.39, 0.29) is 25.6 Å². The number of amides is 1. The Hall–Kier alpha value is -1.76. The molecule has 7 heteroatoms. The van der Waals surface area contributed by atoms with Crippen molar-refractivity contribution in [2.75, 3.05) is 36.5 Å². The van der Waals surface area contributed by atoms with Gasteiger partial charge in [-0.15, -0.1) is 0 Å². The number of carbonyl (C=O) groups excluding carboxylic acids is 1. The molecule has 0 bridgehead atoms. The number of alkyl halides is 3. The molecule has 2 rings (SSSR count). The minimum absolute atomic E-state index is 0.105. The summed E-state index contributed by atoms with van der Waals surface area (Å²) in [6.07, 6.45) is -4.34. The smallest absolute Gasteiger partial charge is 0.374 e. The molecule has 0 saturated carbocycles. The van der Waals surface area contributed by atoms with Crippen molar-refractivity contribution in [2.24, 2.45) is 0 Å². The lowest BCUT2D eigenvalue weighted by molar-refractivity contribution is -0.173. The van der Waals surface area contributed by atoms with Crippen LogP contribution in [0.3, 0.4) is 0 Å². The van der Waals surface area contributed by atoms with Gasteiger partial charge in [0, 0.05) is 6.54 Å². The zero-order valence-corrected chi connectivity index (χ0v) is 10.0. The Morgan fingerprint density at radius 1 is 1.32 bits per heavy atom. The van der Waals surface area contributed by atoms with Crippen molar-refractivity contribution in [3.8, 4) is 0 Å². The van der Waals surface area contributed by atoms with E-state index in [1.54, 1.807) is 12.1 Å². The van der Waals surface area contributed by atoms with Gasteiger partial charge in [0.2, 0.25) is 5.91 Å². The number of para-hydroxylation sites is 2. The Morgan fingerprint density at radius 2 is 2.05 bits per heavy atom. The van der Waals surface area contributed by atoms with Crippen molar-refractivity contribution >= 4 is 17.3 Å². The molecule has 0 atom stereocenters. The quantitative estimate of drug-likeness (QED) is 0.854. The molecular formula is C12H13F3N2O2. The molecule has 1 aliphatic heterocycles. The summed E-state index contributed by atoms with van der Waals surface area (Å²) >= 11 is 0. The fraction of sp³-hybridized carbons (Fsp3) is 0.417. The molecule has 0 unspecified atom stereocenters. The molecular weight excluding hydrogens is 261 g/mol. The van der Waals surface area contributed by atoms with Gasteiger partial charge in [-0.25, -0.2) is 0 Å². The molecule has 1 aliphatic rings. The van der Waals surface area contributed by atoms with E-state index in [4.69, 9.17) is 0 Å². The van der Waals surface area contributed by atoms with Gasteiger partial charge < -0.3 is 15.0 Å². The van der Waals surface area contributed by atoms with Crippen LogP contribution in [-0.4, -0.2) is 38.4 Å². The predicted octanol–water partition coefficient (Wildman–Crippen LogP) is 2.02. The first-order chi connectivity index (χ1) is 8.97. The van der Waals surface area contributed by atoms with E-state index in [1.807, 2.05) is 12.1 Å². The number of carbonyl (C=O) groups is 1. The number of hydrogen-bond acceptors (Lipinski definition) is 3. The Bertz CT molecular complexity index is 463. The fourth-order valence-corrected chi connectivity index (χ4v) is 1.85. The lowest BCUT2D eigenvalue weighted by atomic mass is 10.2. The van der Waals surface area contributed by atoms with Crippen LogP contribution in [0.25, 0.3) is 0 Å². The maximum atomic E-state index is 11.9. The maximum Gasteiger partial charge on any atom is 0.411 e. The average Bonchev–Trinajstić information content (AvgIpc) is 2.35. The van der Waals surface area contributed by atoms with Gasteiger partial charge in [-0.3, -0.25) is 4.79 Å². The largest absolute Gasteiger partial charge is 0.411 e. The van der Waals surface area contributed by atoms with Gasteiger partial charge in [-0.1, -0.05) is 12.1 Å². The van der Waals surface area contributed by atoms with E-state index in [2.05, 4.69) is 10.1 Å². The third-order valence-corrected chi connectivity index (χ3v) is 2.65. The standard InChI is InChI=1S/C12H13F3N2O2/c13-12(14,15)8-19-6-5-17-10-4-2-1-3-9(10)16-7-11(17)18/h1-4,16H,5-8H2. The Kier molecular flexibility index (Phi) is 3.94. The number of fused-ring (bicyclic) bond motifs is 1. The average molecular weight is 274 g/mol. The Morgan fingerprint density at radius 3 is 2.79 bits per heavy atom. The van der Waals surface area contributed by atoms with Crippen molar-refractivity contribution in [1.82, 2.24) is 0 Å². The number of rotatable bonds is 4. The zero-order valence-electron chi connectivity index (χ0n) is 10.0. The van der Waals surface area contributed by atoms with Crippen molar-refractivity contribution in [3.05, 3.63) is 24.3 Å². The van der Waals surface area contributed by atoms with Gasteiger partial charge in [0.15, 0.2) is 0 Å². The first-order valence-electron chi connectivity index (χ1n) is 5.75. The molecule has 1 aromatic carbocycles. The normalized spacial score (nSPS) is 15.1. The van der Waals surface area contributed by atoms with Crippen LogP contribution in [-0.2, 0) is 9.53 Å². The van der Waals surface area contributed by atoms with Gasteiger partial charge in [0.1, 0.15) is 6.61 Å². The predicted molar refractivity (Wildman–Crippen MR) is 64.2 cm³/mol. The third-order valence-electron chi connectivity index (χ3n) is 2.65. The molecule has 1 amide bonds. The highest BCUT2D eigenvalue weighted by molar-refractivity contribution is 6.02. The summed E-state index contributed by atoms with van der Waals surface area (Å²) in [5.41, 5.74) is 1.45. The highest BCUT2D eigenvalue weighted by Crippen LogP contribution is 2.28. The van der Waals surface area contributed by atoms with E-state index in [0.717, 1.165) is 5.69 Å². The summed E-state index contributed by atoms with van der Waals surface area (Å²) in [6.45, 7) is -1.21. The van der Waals surface area contributed by atoms with Gasteiger partial charge in [0.25, 0.3) is 0 Å². The lowest BCUT2D eigenvalue weighted by Gasteiger charge is -2.30. The summed E-state index contributed by atoms with van der Waals surface area (Å²) in [5.74, 6) is -0.186. The Balaban J connectivity index is 1.94. The number of benzene rings is 1. The minimum atomic E-state index is -4.34. The lowest BCUT2D eigenvalue weighted by Crippen LogP contribution is -2.42. The van der Waals surface area contributed by atoms with Crippen molar-refractivity contribution < 1.29 is 22.7 Å². The van der Waals surface area contributed by atoms with Gasteiger partial charge in [-0.05, 0) is 12.1 Å². The molecule has 1 heterocycles. The number of nitrogens with zero attached hydrogens (tertiary/aromatic N) is 1. The van der Waals surface area contributed by atoms with E-state index in [0.29, 0.717) is 5.69 Å². The monoisotopic (exact) mass is 274 g/mol. The number of ether oxygens (including phenoxy) is 1. The maximum absolute atomic E-state index is 11.9. The highest BCUT2D eigenvalue weighted by atomic mass is 19.4. The zero-order chi connectivity index (χ0) is 13.9. The first-order valence-corrected chi connectivity index (χ1v) is 5.75. The molecule has 0 fully saturated rings. The summed E-state index contributed by atoms with van der Waals surface area (Å²) in [6, 6.07) is 7.14. The van der Waals surface area contributed by atoms with Crippen LogP contribution in [0.1, 0.15) is 0 Å². The van der Waals surface area contributed by atoms with Gasteiger partial charge >= 0.3 is 6.18 Å². The first kappa shape index (κ1) is 13.7. The molecule has 4 nitrogen and oxygen atoms in total. The van der Waals surface area contributed by atoms with Crippen LogP contribution in [0.4, 0.5) is 24.5 Å². The van der Waals surface area contributed by atoms with Crippen LogP contribution < -0.4 is 10.2 Å². The molecule has 19 heavy (non-hydrogen) atoms. The number of hydrogen-bond donors (Lipinski definition) is 1. The SMILES string of the molecule is O=C1CNc2ccccc2N1CCOCC(F)(F)F. The molecule has 0 aliphatic carbocycles. The van der Waals surface area contributed by atoms with Crippen LogP contribution in [0.2, 0.25) is 0 Å². The van der Waals surface area contributed by atoms with Crippen LogP contribution in [0, 0.1) is 0 Å². The topological polar surface area (TPSA) is 41.6 Å². The summed E-state index contributed by atoms with van der Waals surface area (Å²) in [7, 11) is 0. The second-order valence-electron chi connectivity index (χ2n) is 4.08. The van der Waals surface area contributed by atoms with Crippen molar-refractivity contribution in [1.29, 1.82) is 0 Å². The van der Waals surface area contributed by atoms with Crippen LogP contribution in [0.5, 0.6) is 0 Å². The molecule has 104 valence electrons. The van der Waals surface area contributed by atoms with Crippen LogP contribution >= 0.6 is 0 Å². The van der Waals surface area contributed by atoms with E-state index in [1.165, 1.54) is 4.90 Å².